The highest BCUT2D eigenvalue weighted by Gasteiger charge is 2.51. The molecule has 748 valence electrons. The van der Waals surface area contributed by atoms with Crippen molar-refractivity contribution in [3.05, 3.63) is 188 Å². The van der Waals surface area contributed by atoms with Crippen LogP contribution in [0.4, 0.5) is 0 Å². The molecule has 0 unspecified atom stereocenters. The van der Waals surface area contributed by atoms with E-state index in [0.29, 0.717) is 98.7 Å². The van der Waals surface area contributed by atoms with Crippen LogP contribution in [0.3, 0.4) is 0 Å². The molecule has 16 nitrogen and oxygen atoms in total. The zero-order chi connectivity index (χ0) is 99.0. The first-order valence-corrected chi connectivity index (χ1v) is 52.1. The molecule has 0 radical (unpaired) electrons. The predicted molar refractivity (Wildman–Crippen MR) is 556 cm³/mol. The van der Waals surface area contributed by atoms with E-state index in [-0.39, 0.29) is 43.3 Å². The molecule has 0 saturated heterocycles. The first kappa shape index (κ1) is 111. The summed E-state index contributed by atoms with van der Waals surface area (Å²) in [5, 5.41) is 115. The van der Waals surface area contributed by atoms with Crippen LogP contribution in [0.15, 0.2) is 209 Å². The predicted octanol–water partition coefficient (Wildman–Crippen LogP) is 27.3. The van der Waals surface area contributed by atoms with E-state index in [4.69, 9.17) is 9.68 Å². The number of hydrogen-bond acceptors (Lipinski definition) is 16. The Labute approximate surface area is 811 Å². The Bertz CT molecular complexity index is 4320. The Morgan fingerprint density at radius 1 is 0.351 bits per heavy atom. The standard InChI is InChI=1S/2C30H47NO3.2C29H45NO3/c2*1-20(10-8-12-28(31-34-7)29(3,4)5)25-15-16-26-22(11-9-17-30(25,26)6)13-14-23-18-24(32)19-27(33)21(23)2;2*1-19(9-7-11-27(30-33)28(3,4)5)24-14-15-25-21(10-8-16-29(24,25)6)12-13-22-17-23(31)18-26(32)20(22)2/h2*13-15,20,24,26-27,32-33H,2,8-12,16-19H2,1,3-7H3;2*12-14,19,23,25-26,31-33H,2,7-11,15-18H2,1,3-6H3/b2*22-13+,23-14-,31-28+;2*21-12+,22-13-,30-27+/t20-,24+,26+,27-,30-;20-,24-,26+,27+,30-;19-,23+,25+,26-,29-;19-,23-,25+,26+,29-/m1111/s1. The highest BCUT2D eigenvalue weighted by atomic mass is 16.6. The second kappa shape index (κ2) is 48.0. The van der Waals surface area contributed by atoms with Crippen LogP contribution in [0.5, 0.6) is 0 Å². The summed E-state index contributed by atoms with van der Waals surface area (Å²) in [6, 6.07) is 0. The summed E-state index contributed by atoms with van der Waals surface area (Å²) in [6.45, 7) is 61.5. The molecule has 0 aromatic carbocycles. The first-order valence-electron chi connectivity index (χ1n) is 52.1. The molecule has 0 bridgehead atoms. The fourth-order valence-electron chi connectivity index (χ4n) is 25.7. The third kappa shape index (κ3) is 28.0. The van der Waals surface area contributed by atoms with Crippen LogP contribution in [0.1, 0.15) is 370 Å². The smallest absolute Gasteiger partial charge is 0.106 e. The van der Waals surface area contributed by atoms with E-state index in [0.717, 1.165) is 183 Å². The molecule has 0 spiro atoms. The number of aliphatic hydroxyl groups excluding tert-OH is 8. The van der Waals surface area contributed by atoms with Crippen molar-refractivity contribution in [1.82, 2.24) is 0 Å². The highest BCUT2D eigenvalue weighted by Crippen LogP contribution is 2.62. The van der Waals surface area contributed by atoms with Gasteiger partial charge in [-0.25, -0.2) is 0 Å². The van der Waals surface area contributed by atoms with Gasteiger partial charge >= 0.3 is 0 Å². The molecule has 134 heavy (non-hydrogen) atoms. The quantitative estimate of drug-likeness (QED) is 0.0168. The summed E-state index contributed by atoms with van der Waals surface area (Å²) in [6.07, 6.45) is 58.4. The lowest BCUT2D eigenvalue weighted by Crippen LogP contribution is -2.32. The molecular weight excluding hydrogens is 1670 g/mol. The Kier molecular flexibility index (Phi) is 39.8. The number of rotatable bonds is 26. The second-order valence-corrected chi connectivity index (χ2v) is 47.9. The number of nitrogens with zero attached hydrogens (tertiary/aromatic N) is 4. The number of oxime groups is 4. The van der Waals surface area contributed by atoms with Gasteiger partial charge in [-0.1, -0.05) is 303 Å². The maximum Gasteiger partial charge on any atom is 0.106 e. The lowest BCUT2D eigenvalue weighted by atomic mass is 9.62. The van der Waals surface area contributed by atoms with Crippen molar-refractivity contribution >= 4 is 22.8 Å². The summed E-state index contributed by atoms with van der Waals surface area (Å²) in [4.78, 5) is 10.2. The average molecular weight is 1850 g/mol. The number of aliphatic hydroxyl groups is 8. The Balaban J connectivity index is 0.000000201. The summed E-state index contributed by atoms with van der Waals surface area (Å²) in [5.74, 6) is 4.39. The molecule has 12 aliphatic rings. The number of fused-ring (bicyclic) bond motifs is 4. The van der Waals surface area contributed by atoms with Crippen LogP contribution in [0.2, 0.25) is 0 Å². The normalized spacial score (nSPS) is 34.1. The van der Waals surface area contributed by atoms with Gasteiger partial charge in [-0.05, 0) is 319 Å². The summed E-state index contributed by atoms with van der Waals surface area (Å²) >= 11 is 0. The van der Waals surface area contributed by atoms with Crippen LogP contribution in [0.25, 0.3) is 0 Å². The van der Waals surface area contributed by atoms with Crippen LogP contribution in [-0.4, -0.2) is 137 Å². The largest absolute Gasteiger partial charge is 0.411 e. The average Bonchev–Trinajstić information content (AvgIpc) is 1.60. The SMILES string of the molecule is C=C1/C(=C\C=C2/CCC[C@]3(C)C([C@H](C)CCC/C(=N\O)C(C)(C)C)=CC[C@@H]23)C[C@@H](O)C[C@@H]1O.C=C1/C(=C\C=C2/CCC[C@]3(C)C([C@H](C)CCC/C(=N\O)C(C)(C)C)=CC[C@@H]23)C[C@H](O)C[C@H]1O.C=C1/C(=C\C=C2/CCC[C@]3(C)C([C@H](C)CCC/C(=N\OC)C(C)(C)C)=CC[C@@H]23)C[C@@H](O)C[C@@H]1O.C=C1/C(=C\C=C2/CCC[C@]3(C)C([C@H](C)CCC/C(=N\OC)C(C)(C)C)=CC[C@@H]23)C[C@H](O)C[C@H]1O. The molecule has 0 amide bonds. The van der Waals surface area contributed by atoms with Gasteiger partial charge in [0.1, 0.15) is 14.2 Å². The summed E-state index contributed by atoms with van der Waals surface area (Å²) in [7, 11) is 3.27. The van der Waals surface area contributed by atoms with Crippen molar-refractivity contribution in [1.29, 1.82) is 0 Å². The van der Waals surface area contributed by atoms with Crippen molar-refractivity contribution in [3.8, 4) is 0 Å². The molecule has 20 atom stereocenters. The fourth-order valence-corrected chi connectivity index (χ4v) is 25.7. The van der Waals surface area contributed by atoms with Crippen molar-refractivity contribution < 1.29 is 60.9 Å². The zero-order valence-electron chi connectivity index (χ0n) is 87.5. The van der Waals surface area contributed by atoms with Gasteiger partial charge in [-0.2, -0.15) is 0 Å². The monoisotopic (exact) mass is 1850 g/mol. The van der Waals surface area contributed by atoms with Crippen LogP contribution in [0, 0.1) is 90.7 Å². The Hall–Kier alpha value is -6.60. The lowest BCUT2D eigenvalue weighted by Gasteiger charge is -2.42. The Morgan fingerprint density at radius 3 is 0.739 bits per heavy atom. The van der Waals surface area contributed by atoms with Crippen molar-refractivity contribution in [2.75, 3.05) is 14.2 Å². The lowest BCUT2D eigenvalue weighted by molar-refractivity contribution is 0.0856. The molecule has 8 fully saturated rings. The molecule has 8 saturated carbocycles. The van der Waals surface area contributed by atoms with E-state index >= 15 is 0 Å². The van der Waals surface area contributed by atoms with E-state index in [1.165, 1.54) is 86.5 Å². The second-order valence-electron chi connectivity index (χ2n) is 47.9. The molecule has 0 aromatic heterocycles. The number of allylic oxidation sites excluding steroid dienone is 20. The maximum absolute atomic E-state index is 10.2. The van der Waals surface area contributed by atoms with Gasteiger partial charge in [0, 0.05) is 47.3 Å². The Morgan fingerprint density at radius 2 is 0.552 bits per heavy atom. The first-order chi connectivity index (χ1) is 62.9. The minimum absolute atomic E-state index is 0.0379. The molecule has 10 N–H and O–H groups in total. The molecule has 12 rings (SSSR count). The summed E-state index contributed by atoms with van der Waals surface area (Å²) in [5.41, 5.74) is 24.4. The molecule has 0 aliphatic heterocycles. The minimum atomic E-state index is -0.634. The maximum atomic E-state index is 10.2. The highest BCUT2D eigenvalue weighted by molar-refractivity contribution is 5.90. The van der Waals surface area contributed by atoms with Gasteiger partial charge in [0.2, 0.25) is 0 Å². The van der Waals surface area contributed by atoms with E-state index in [1.54, 1.807) is 36.5 Å². The van der Waals surface area contributed by atoms with Gasteiger partial charge in [0.15, 0.2) is 0 Å². The molecular formula is C118H184N4O12. The van der Waals surface area contributed by atoms with Crippen LogP contribution < -0.4 is 0 Å². The summed E-state index contributed by atoms with van der Waals surface area (Å²) < 4.78 is 0. The molecule has 16 heteroatoms. The zero-order valence-corrected chi connectivity index (χ0v) is 87.5. The third-order valence-electron chi connectivity index (χ3n) is 33.9. The molecule has 0 aromatic rings. The van der Waals surface area contributed by atoms with Crippen molar-refractivity contribution in [3.63, 3.8) is 0 Å². The molecule has 12 aliphatic carbocycles. The minimum Gasteiger partial charge on any atom is -0.411 e. The third-order valence-corrected chi connectivity index (χ3v) is 33.9. The van der Waals surface area contributed by atoms with E-state index in [1.807, 2.05) is 0 Å². The van der Waals surface area contributed by atoms with Gasteiger partial charge in [0.05, 0.1) is 71.7 Å². The van der Waals surface area contributed by atoms with E-state index in [9.17, 15) is 51.3 Å². The topological polar surface area (TPSA) is 270 Å². The van der Waals surface area contributed by atoms with Gasteiger partial charge in [0.25, 0.3) is 0 Å². The fraction of sp³-hybridized carbons (Fsp3) is 0.695. The van der Waals surface area contributed by atoms with Gasteiger partial charge in [-0.15, -0.1) is 0 Å². The van der Waals surface area contributed by atoms with E-state index in [2.05, 4.69) is 258 Å². The van der Waals surface area contributed by atoms with Gasteiger partial charge in [-0.3, -0.25) is 0 Å². The van der Waals surface area contributed by atoms with Crippen molar-refractivity contribution in [2.45, 2.75) is 418 Å². The van der Waals surface area contributed by atoms with Crippen LogP contribution in [-0.2, 0) is 9.68 Å². The number of hydrogen-bond donors (Lipinski definition) is 10. The molecule has 0 heterocycles. The van der Waals surface area contributed by atoms with Crippen LogP contribution >= 0.6 is 0 Å². The van der Waals surface area contributed by atoms with Crippen molar-refractivity contribution in [2.24, 2.45) is 111 Å². The van der Waals surface area contributed by atoms with Gasteiger partial charge < -0.3 is 60.9 Å². The van der Waals surface area contributed by atoms with E-state index < -0.39 is 48.8 Å².